The Balaban J connectivity index is 1.22. The van der Waals surface area contributed by atoms with E-state index < -0.39 is 44.3 Å². The minimum absolute atomic E-state index is 0.218. The summed E-state index contributed by atoms with van der Waals surface area (Å²) in [6.45, 7) is 3.81. The predicted molar refractivity (Wildman–Crippen MR) is 192 cm³/mol. The molecule has 12 nitrogen and oxygen atoms in total. The smallest absolute Gasteiger partial charge is 0.182 e. The van der Waals surface area contributed by atoms with Crippen molar-refractivity contribution in [2.75, 3.05) is 11.1 Å². The number of nitrogens with one attached hydrogen (secondary N) is 1. The van der Waals surface area contributed by atoms with Gasteiger partial charge < -0.3 is 26.0 Å². The summed E-state index contributed by atoms with van der Waals surface area (Å²) in [5, 5.41) is 28.2. The number of aliphatic hydroxyl groups excluding tert-OH is 1. The van der Waals surface area contributed by atoms with Gasteiger partial charge in [-0.2, -0.15) is 0 Å². The first-order valence-corrected chi connectivity index (χ1v) is 18.6. The number of anilines is 2. The van der Waals surface area contributed by atoms with Crippen molar-refractivity contribution in [1.82, 2.24) is 24.5 Å². The number of benzene rings is 3. The molecule has 50 heavy (non-hydrogen) atoms. The zero-order valence-electron chi connectivity index (χ0n) is 27.3. The maximum Gasteiger partial charge on any atom is 0.182 e. The van der Waals surface area contributed by atoms with Crippen LogP contribution in [0, 0.1) is 13.8 Å². The highest BCUT2D eigenvalue weighted by molar-refractivity contribution is 7.87. The Morgan fingerprint density at radius 3 is 2.34 bits per heavy atom. The topological polar surface area (TPSA) is 178 Å². The minimum Gasteiger partial charge on any atom is -0.398 e. The Hall–Kier alpha value is -4.60. The first-order chi connectivity index (χ1) is 24.1. The van der Waals surface area contributed by atoms with Crippen molar-refractivity contribution < 1.29 is 23.4 Å². The average Bonchev–Trinajstić information content (AvgIpc) is 3.72. The molecule has 1 aliphatic carbocycles. The van der Waals surface area contributed by atoms with Crippen LogP contribution in [0.2, 0.25) is 0 Å². The molecule has 6 atom stereocenters. The van der Waals surface area contributed by atoms with Gasteiger partial charge in [-0.15, -0.1) is 0 Å². The van der Waals surface area contributed by atoms with Gasteiger partial charge >= 0.3 is 0 Å². The largest absolute Gasteiger partial charge is 0.398 e. The van der Waals surface area contributed by atoms with Crippen LogP contribution >= 0.6 is 0 Å². The molecule has 0 bridgehead atoms. The number of imidazole rings is 1. The summed E-state index contributed by atoms with van der Waals surface area (Å²) in [4.78, 5) is 17.7. The van der Waals surface area contributed by atoms with Crippen LogP contribution in [0.3, 0.4) is 0 Å². The van der Waals surface area contributed by atoms with Crippen molar-refractivity contribution >= 4 is 55.2 Å². The van der Waals surface area contributed by atoms with Gasteiger partial charge in [0, 0.05) is 33.3 Å². The fraction of sp³-hybridized carbons (Fsp3) is 0.278. The van der Waals surface area contributed by atoms with E-state index in [-0.39, 0.29) is 12.5 Å². The van der Waals surface area contributed by atoms with Gasteiger partial charge in [-0.25, -0.2) is 19.9 Å². The molecule has 2 fully saturated rings. The molecule has 0 spiro atoms. The molecule has 256 valence electrons. The molecule has 3 unspecified atom stereocenters. The third-order valence-electron chi connectivity index (χ3n) is 9.15. The number of pyridine rings is 1. The third kappa shape index (κ3) is 5.86. The predicted octanol–water partition coefficient (Wildman–Crippen LogP) is 4.72. The standard InChI is InChI=1S/C36H35N7O5S2/c1-20-6-12-23(13-7-20)49(46)35(44)31-36(45,50(47)24-14-8-21(2)9-15-24)18-29(48-31)43-19-38-30-33(39-22-10-11-22)41-32(42-34(30)43)28-17-16-25-26(37)4-3-5-27(25)40-28/h3-9,12-17,19,22,29,31,35,44-45H,10-11,18,37H2,1-2H3,(H,39,41,42)/t29-,31-,35?,36-,49?,50?/m1/s1. The molecule has 1 saturated carbocycles. The van der Waals surface area contributed by atoms with E-state index in [4.69, 9.17) is 25.4 Å². The van der Waals surface area contributed by atoms with E-state index in [9.17, 15) is 18.6 Å². The molecule has 1 saturated heterocycles. The number of aromatic nitrogens is 5. The van der Waals surface area contributed by atoms with E-state index in [0.717, 1.165) is 29.4 Å². The van der Waals surface area contributed by atoms with Crippen molar-refractivity contribution in [3.05, 3.63) is 96.3 Å². The maximum atomic E-state index is 14.2. The van der Waals surface area contributed by atoms with Crippen LogP contribution in [0.25, 0.3) is 33.6 Å². The third-order valence-corrected chi connectivity index (χ3v) is 12.3. The molecule has 3 aromatic heterocycles. The maximum absolute atomic E-state index is 14.2. The summed E-state index contributed by atoms with van der Waals surface area (Å²) in [5.74, 6) is 0.856. The van der Waals surface area contributed by atoms with Gasteiger partial charge in [0.05, 0.1) is 33.4 Å². The average molecular weight is 710 g/mol. The van der Waals surface area contributed by atoms with Crippen LogP contribution in [0.4, 0.5) is 11.5 Å². The minimum atomic E-state index is -2.14. The first kappa shape index (κ1) is 32.6. The lowest BCUT2D eigenvalue weighted by atomic mass is 10.1. The van der Waals surface area contributed by atoms with Gasteiger partial charge in [0.1, 0.15) is 18.0 Å². The highest BCUT2D eigenvalue weighted by atomic mass is 32.2. The molecule has 6 aromatic rings. The number of aliphatic hydroxyl groups is 2. The summed E-state index contributed by atoms with van der Waals surface area (Å²) in [6, 6.07) is 23.3. The van der Waals surface area contributed by atoms with Gasteiger partial charge in [-0.3, -0.25) is 13.0 Å². The van der Waals surface area contributed by atoms with Gasteiger partial charge in [0.15, 0.2) is 33.2 Å². The second kappa shape index (κ2) is 12.6. The highest BCUT2D eigenvalue weighted by Gasteiger charge is 2.57. The number of nitrogen functional groups attached to an aromatic ring is 1. The molecule has 5 N–H and O–H groups in total. The summed E-state index contributed by atoms with van der Waals surface area (Å²) in [6.07, 6.45) is 0.806. The highest BCUT2D eigenvalue weighted by Crippen LogP contribution is 2.45. The lowest BCUT2D eigenvalue weighted by Crippen LogP contribution is -2.50. The molecular weight excluding hydrogens is 675 g/mol. The molecular formula is C36H35N7O5S2. The fourth-order valence-electron chi connectivity index (χ4n) is 6.18. The lowest BCUT2D eigenvalue weighted by molar-refractivity contribution is -0.0644. The number of nitrogens with zero attached hydrogens (tertiary/aromatic N) is 5. The van der Waals surface area contributed by atoms with E-state index in [1.165, 1.54) is 6.33 Å². The summed E-state index contributed by atoms with van der Waals surface area (Å²) in [5.41, 5.74) is 9.05. The number of ether oxygens (including phenoxy) is 1. The lowest BCUT2D eigenvalue weighted by Gasteiger charge is -2.30. The summed E-state index contributed by atoms with van der Waals surface area (Å²) >= 11 is 0. The summed E-state index contributed by atoms with van der Waals surface area (Å²) < 4.78 is 36.0. The van der Waals surface area contributed by atoms with Gasteiger partial charge in [0.25, 0.3) is 0 Å². The van der Waals surface area contributed by atoms with E-state index in [1.54, 1.807) is 53.1 Å². The second-order valence-electron chi connectivity index (χ2n) is 12.9. The van der Waals surface area contributed by atoms with Crippen LogP contribution in [-0.4, -0.2) is 65.6 Å². The molecule has 0 radical (unpaired) electrons. The van der Waals surface area contributed by atoms with Crippen LogP contribution < -0.4 is 11.1 Å². The van der Waals surface area contributed by atoms with Gasteiger partial charge in [-0.05, 0) is 75.2 Å². The Labute approximate surface area is 292 Å². The SMILES string of the molecule is Cc1ccc(S(=O)C(O)[C@H]2O[C@@H](n3cnc4c(NC5CC5)nc(-c5ccc6c(N)cccc6n5)nc43)C[C@@]2(O)S(=O)c2ccc(C)cc2)cc1. The van der Waals surface area contributed by atoms with Crippen molar-refractivity contribution in [2.24, 2.45) is 0 Å². The zero-order chi connectivity index (χ0) is 34.7. The number of aryl methyl sites for hydroxylation is 2. The molecule has 8 rings (SSSR count). The number of hydrogen-bond donors (Lipinski definition) is 4. The number of fused-ring (bicyclic) bond motifs is 2. The van der Waals surface area contributed by atoms with Crippen LogP contribution in [0.1, 0.15) is 36.6 Å². The molecule has 0 amide bonds. The quantitative estimate of drug-likeness (QED) is 0.153. The number of rotatable bonds is 9. The van der Waals surface area contributed by atoms with E-state index >= 15 is 0 Å². The van der Waals surface area contributed by atoms with Crippen LogP contribution in [-0.2, 0) is 26.3 Å². The Morgan fingerprint density at radius 1 is 0.940 bits per heavy atom. The van der Waals surface area contributed by atoms with Crippen LogP contribution in [0.15, 0.2) is 95.0 Å². The van der Waals surface area contributed by atoms with Gasteiger partial charge in [0.2, 0.25) is 0 Å². The monoisotopic (exact) mass is 709 g/mol. The Kier molecular flexibility index (Phi) is 8.23. The van der Waals surface area contributed by atoms with Crippen molar-refractivity contribution in [3.63, 3.8) is 0 Å². The molecule has 4 heterocycles. The Morgan fingerprint density at radius 2 is 1.64 bits per heavy atom. The molecule has 2 aliphatic rings. The molecule has 14 heteroatoms. The zero-order valence-corrected chi connectivity index (χ0v) is 28.9. The molecule has 3 aromatic carbocycles. The fourth-order valence-corrected chi connectivity index (χ4v) is 8.95. The van der Waals surface area contributed by atoms with Crippen molar-refractivity contribution in [2.45, 2.75) is 71.6 Å². The summed E-state index contributed by atoms with van der Waals surface area (Å²) in [7, 11) is -4.12. The van der Waals surface area contributed by atoms with Crippen molar-refractivity contribution in [1.29, 1.82) is 0 Å². The first-order valence-electron chi connectivity index (χ1n) is 16.3. The van der Waals surface area contributed by atoms with Gasteiger partial charge in [-0.1, -0.05) is 41.5 Å². The molecule has 1 aliphatic heterocycles. The second-order valence-corrected chi connectivity index (χ2v) is 16.2. The van der Waals surface area contributed by atoms with Crippen LogP contribution in [0.5, 0.6) is 0 Å². The van der Waals surface area contributed by atoms with Crippen molar-refractivity contribution in [3.8, 4) is 11.5 Å². The Bertz CT molecular complexity index is 2300. The van der Waals surface area contributed by atoms with E-state index in [2.05, 4.69) is 10.3 Å². The number of nitrogens with two attached hydrogens (primary N) is 1. The normalized spacial score (nSPS) is 22.5. The van der Waals surface area contributed by atoms with E-state index in [0.29, 0.717) is 49.5 Å². The number of hydrogen-bond acceptors (Lipinski definition) is 11. The van der Waals surface area contributed by atoms with E-state index in [1.807, 2.05) is 44.2 Å².